The zero-order valence-corrected chi connectivity index (χ0v) is 14.1. The van der Waals surface area contributed by atoms with Gasteiger partial charge in [-0.1, -0.05) is 28.1 Å². The molecule has 5 nitrogen and oxygen atoms in total. The van der Waals surface area contributed by atoms with Gasteiger partial charge in [0.05, 0.1) is 18.7 Å². The van der Waals surface area contributed by atoms with E-state index in [1.165, 1.54) is 0 Å². The smallest absolute Gasteiger partial charge is 0.222 e. The van der Waals surface area contributed by atoms with Gasteiger partial charge >= 0.3 is 0 Å². The lowest BCUT2D eigenvalue weighted by atomic mass is 10.2. The second kappa shape index (κ2) is 6.42. The van der Waals surface area contributed by atoms with Crippen molar-refractivity contribution in [2.75, 3.05) is 6.61 Å². The Balaban J connectivity index is 2.02. The molecule has 0 spiro atoms. The van der Waals surface area contributed by atoms with Crippen molar-refractivity contribution in [3.8, 4) is 11.6 Å². The maximum Gasteiger partial charge on any atom is 0.222 e. The molecule has 118 valence electrons. The van der Waals surface area contributed by atoms with Gasteiger partial charge in [-0.3, -0.25) is 0 Å². The number of rotatable bonds is 5. The molecule has 2 aromatic carbocycles. The van der Waals surface area contributed by atoms with E-state index in [0.717, 1.165) is 21.3 Å². The molecule has 0 bridgehead atoms. The maximum absolute atomic E-state index is 11.1. The SMILES string of the molecule is CCOc1ccc(Cn2c(O)c(N=O)c3cc(Br)ccc32)cc1. The van der Waals surface area contributed by atoms with Crippen LogP contribution in [-0.2, 0) is 6.54 Å². The Bertz CT molecular complexity index is 856. The summed E-state index contributed by atoms with van der Waals surface area (Å²) in [5.74, 6) is 0.680. The molecule has 1 heterocycles. The molecule has 0 unspecified atom stereocenters. The van der Waals surface area contributed by atoms with E-state index in [9.17, 15) is 10.0 Å². The summed E-state index contributed by atoms with van der Waals surface area (Å²) >= 11 is 3.37. The number of hydrogen-bond acceptors (Lipinski definition) is 4. The summed E-state index contributed by atoms with van der Waals surface area (Å²) in [5.41, 5.74) is 1.81. The predicted octanol–water partition coefficient (Wildman–Crippen LogP) is 4.95. The van der Waals surface area contributed by atoms with Gasteiger partial charge in [-0.2, -0.15) is 0 Å². The first-order chi connectivity index (χ1) is 11.1. The van der Waals surface area contributed by atoms with Crippen LogP contribution >= 0.6 is 15.9 Å². The molecule has 0 atom stereocenters. The van der Waals surface area contributed by atoms with Crippen LogP contribution in [0.2, 0.25) is 0 Å². The molecule has 1 N–H and O–H groups in total. The first kappa shape index (κ1) is 15.6. The minimum absolute atomic E-state index is 0.0623. The topological polar surface area (TPSA) is 63.8 Å². The molecule has 0 aliphatic heterocycles. The van der Waals surface area contributed by atoms with E-state index in [1.807, 2.05) is 43.3 Å². The molecule has 0 fully saturated rings. The first-order valence-corrected chi connectivity index (χ1v) is 7.99. The van der Waals surface area contributed by atoms with Gasteiger partial charge in [-0.15, -0.1) is 4.91 Å². The molecular weight excluding hydrogens is 360 g/mol. The van der Waals surface area contributed by atoms with Crippen LogP contribution in [0.4, 0.5) is 5.69 Å². The van der Waals surface area contributed by atoms with Crippen LogP contribution in [0.1, 0.15) is 12.5 Å². The van der Waals surface area contributed by atoms with Gasteiger partial charge < -0.3 is 14.4 Å². The van der Waals surface area contributed by atoms with Crippen molar-refractivity contribution < 1.29 is 9.84 Å². The van der Waals surface area contributed by atoms with E-state index in [4.69, 9.17) is 4.74 Å². The van der Waals surface area contributed by atoms with Gasteiger partial charge in [0.25, 0.3) is 0 Å². The number of fused-ring (bicyclic) bond motifs is 1. The van der Waals surface area contributed by atoms with E-state index >= 15 is 0 Å². The van der Waals surface area contributed by atoms with Gasteiger partial charge in [-0.25, -0.2) is 0 Å². The summed E-state index contributed by atoms with van der Waals surface area (Å²) in [7, 11) is 0. The fourth-order valence-electron chi connectivity index (χ4n) is 2.59. The number of benzene rings is 2. The lowest BCUT2D eigenvalue weighted by Gasteiger charge is -2.08. The highest BCUT2D eigenvalue weighted by atomic mass is 79.9. The summed E-state index contributed by atoms with van der Waals surface area (Å²) in [4.78, 5) is 11.1. The molecule has 0 saturated heterocycles. The molecule has 3 rings (SSSR count). The summed E-state index contributed by atoms with van der Waals surface area (Å²) < 4.78 is 7.92. The quantitative estimate of drug-likeness (QED) is 0.642. The third-order valence-electron chi connectivity index (χ3n) is 3.64. The molecule has 0 saturated carbocycles. The van der Waals surface area contributed by atoms with Crippen LogP contribution in [0.5, 0.6) is 11.6 Å². The zero-order valence-electron chi connectivity index (χ0n) is 12.5. The van der Waals surface area contributed by atoms with Crippen LogP contribution in [0.15, 0.2) is 52.1 Å². The van der Waals surface area contributed by atoms with Crippen molar-refractivity contribution in [3.63, 3.8) is 0 Å². The van der Waals surface area contributed by atoms with Crippen molar-refractivity contribution in [1.82, 2.24) is 4.57 Å². The Morgan fingerprint density at radius 1 is 1.22 bits per heavy atom. The number of aromatic hydroxyl groups is 1. The van der Waals surface area contributed by atoms with Crippen LogP contribution < -0.4 is 4.74 Å². The van der Waals surface area contributed by atoms with Crippen LogP contribution in [-0.4, -0.2) is 16.3 Å². The Hall–Kier alpha value is -2.34. The Labute approximate surface area is 141 Å². The average molecular weight is 375 g/mol. The molecule has 23 heavy (non-hydrogen) atoms. The Kier molecular flexibility index (Phi) is 4.34. The van der Waals surface area contributed by atoms with Crippen molar-refractivity contribution in [3.05, 3.63) is 57.4 Å². The monoisotopic (exact) mass is 374 g/mol. The van der Waals surface area contributed by atoms with Gasteiger partial charge in [-0.05, 0) is 48.0 Å². The zero-order chi connectivity index (χ0) is 16.4. The molecule has 6 heteroatoms. The number of nitroso groups, excluding NO2 is 1. The van der Waals surface area contributed by atoms with Crippen molar-refractivity contribution in [2.45, 2.75) is 13.5 Å². The molecule has 3 aromatic rings. The maximum atomic E-state index is 11.1. The van der Waals surface area contributed by atoms with Gasteiger partial charge in [0.1, 0.15) is 5.75 Å². The highest BCUT2D eigenvalue weighted by molar-refractivity contribution is 9.10. The van der Waals surface area contributed by atoms with Gasteiger partial charge in [0.15, 0.2) is 5.69 Å². The number of ether oxygens (including phenoxy) is 1. The highest BCUT2D eigenvalue weighted by Gasteiger charge is 2.17. The van der Waals surface area contributed by atoms with E-state index in [1.54, 1.807) is 10.6 Å². The van der Waals surface area contributed by atoms with Crippen LogP contribution in [0.25, 0.3) is 10.9 Å². The predicted molar refractivity (Wildman–Crippen MR) is 93.5 cm³/mol. The first-order valence-electron chi connectivity index (χ1n) is 7.20. The van der Waals surface area contributed by atoms with Gasteiger partial charge in [0, 0.05) is 9.86 Å². The third-order valence-corrected chi connectivity index (χ3v) is 4.13. The number of hydrogen-bond donors (Lipinski definition) is 1. The molecule has 0 radical (unpaired) electrons. The van der Waals surface area contributed by atoms with E-state index in [2.05, 4.69) is 21.1 Å². The second-order valence-electron chi connectivity index (χ2n) is 5.09. The summed E-state index contributed by atoms with van der Waals surface area (Å²) in [6.07, 6.45) is 0. The van der Waals surface area contributed by atoms with E-state index < -0.39 is 0 Å². The lowest BCUT2D eigenvalue weighted by Crippen LogP contribution is -1.99. The minimum Gasteiger partial charge on any atom is -0.494 e. The summed E-state index contributed by atoms with van der Waals surface area (Å²) in [6.45, 7) is 2.99. The highest BCUT2D eigenvalue weighted by Crippen LogP contribution is 2.40. The molecule has 0 amide bonds. The van der Waals surface area contributed by atoms with E-state index in [-0.39, 0.29) is 11.6 Å². The second-order valence-corrected chi connectivity index (χ2v) is 6.00. The normalized spacial score (nSPS) is 10.9. The largest absolute Gasteiger partial charge is 0.494 e. The fraction of sp³-hybridized carbons (Fsp3) is 0.176. The summed E-state index contributed by atoms with van der Waals surface area (Å²) in [5, 5.41) is 13.9. The van der Waals surface area contributed by atoms with Gasteiger partial charge in [0.2, 0.25) is 5.88 Å². The van der Waals surface area contributed by atoms with Crippen molar-refractivity contribution >= 4 is 32.5 Å². The number of aromatic nitrogens is 1. The van der Waals surface area contributed by atoms with Crippen LogP contribution in [0.3, 0.4) is 0 Å². The number of nitrogens with zero attached hydrogens (tertiary/aromatic N) is 2. The van der Waals surface area contributed by atoms with E-state index in [0.29, 0.717) is 18.5 Å². The molecular formula is C17H15BrN2O3. The van der Waals surface area contributed by atoms with Crippen molar-refractivity contribution in [2.24, 2.45) is 5.18 Å². The average Bonchev–Trinajstić information content (AvgIpc) is 2.80. The molecule has 1 aromatic heterocycles. The van der Waals surface area contributed by atoms with Crippen molar-refractivity contribution in [1.29, 1.82) is 0 Å². The Morgan fingerprint density at radius 3 is 2.61 bits per heavy atom. The van der Waals surface area contributed by atoms with Crippen LogP contribution in [0, 0.1) is 4.91 Å². The molecule has 0 aliphatic rings. The lowest BCUT2D eigenvalue weighted by molar-refractivity contribution is 0.340. The molecule has 0 aliphatic carbocycles. The minimum atomic E-state index is -0.123. The summed E-state index contributed by atoms with van der Waals surface area (Å²) in [6, 6.07) is 13.1. The standard InChI is InChI=1S/C17H15BrN2O3/c1-2-23-13-6-3-11(4-7-13)10-20-15-8-5-12(18)9-14(15)16(19-22)17(20)21/h3-9,21H,2,10H2,1H3. The fourth-order valence-corrected chi connectivity index (χ4v) is 2.95. The Morgan fingerprint density at radius 2 is 1.96 bits per heavy atom. The number of halogens is 1. The third kappa shape index (κ3) is 2.94.